The summed E-state index contributed by atoms with van der Waals surface area (Å²) in [5.41, 5.74) is 1.44. The van der Waals surface area contributed by atoms with Crippen LogP contribution < -0.4 is 10.6 Å². The Morgan fingerprint density at radius 3 is 2.31 bits per heavy atom. The Kier molecular flexibility index (Phi) is 8.95. The maximum absolute atomic E-state index is 13.9. The number of hydrogen-bond donors (Lipinski definition) is 3. The molecule has 0 saturated carbocycles. The minimum Gasteiger partial charge on any atom is -0.395 e. The molecule has 0 fully saturated rings. The lowest BCUT2D eigenvalue weighted by atomic mass is 9.88. The maximum Gasteiger partial charge on any atom is 0.433 e. The standard InChI is InChI=1S/C26H27F4N3O2/c1-17-15-19(7-9-22(17)27)21(20-8-10-23(33-16-20)26(28,29)30)11-12-31-24(25(35)32-13-14-34)18-5-3-2-4-6-18/h2-10,15-16,21,24,31,34H,11-14H2,1H3,(H,32,35)/t21-,24+/m1/s1. The number of carbonyl (C=O) groups is 1. The van der Waals surface area contributed by atoms with Crippen molar-refractivity contribution in [3.8, 4) is 0 Å². The summed E-state index contributed by atoms with van der Waals surface area (Å²) >= 11 is 0. The van der Waals surface area contributed by atoms with Gasteiger partial charge in [-0.15, -0.1) is 0 Å². The average molecular weight is 490 g/mol. The molecule has 3 rings (SSSR count). The summed E-state index contributed by atoms with van der Waals surface area (Å²) in [5, 5.41) is 14.9. The third-order valence-electron chi connectivity index (χ3n) is 5.65. The maximum atomic E-state index is 13.9. The minimum absolute atomic E-state index is 0.110. The number of hydrogen-bond acceptors (Lipinski definition) is 4. The molecule has 2 aromatic carbocycles. The number of aliphatic hydroxyl groups is 1. The smallest absolute Gasteiger partial charge is 0.395 e. The monoisotopic (exact) mass is 489 g/mol. The van der Waals surface area contributed by atoms with E-state index in [1.54, 1.807) is 43.3 Å². The van der Waals surface area contributed by atoms with Crippen molar-refractivity contribution in [2.24, 2.45) is 0 Å². The second-order valence-corrected chi connectivity index (χ2v) is 8.14. The molecule has 0 bridgehead atoms. The van der Waals surface area contributed by atoms with Gasteiger partial charge >= 0.3 is 6.18 Å². The van der Waals surface area contributed by atoms with Crippen LogP contribution in [0.2, 0.25) is 0 Å². The Hall–Kier alpha value is -3.30. The summed E-state index contributed by atoms with van der Waals surface area (Å²) in [6.45, 7) is 1.86. The van der Waals surface area contributed by atoms with Gasteiger partial charge in [-0.3, -0.25) is 9.78 Å². The largest absolute Gasteiger partial charge is 0.433 e. The highest BCUT2D eigenvalue weighted by atomic mass is 19.4. The summed E-state index contributed by atoms with van der Waals surface area (Å²) in [6.07, 6.45) is -2.95. The zero-order valence-corrected chi connectivity index (χ0v) is 19.1. The van der Waals surface area contributed by atoms with E-state index in [0.29, 0.717) is 24.1 Å². The SMILES string of the molecule is Cc1cc([C@@H](CCN[C@H](C(=O)NCCO)c2ccccc2)c2ccc(C(F)(F)F)nc2)ccc1F. The van der Waals surface area contributed by atoms with Gasteiger partial charge < -0.3 is 15.7 Å². The number of halogens is 4. The first-order valence-electron chi connectivity index (χ1n) is 11.2. The van der Waals surface area contributed by atoms with Gasteiger partial charge in [0.2, 0.25) is 5.91 Å². The number of alkyl halides is 3. The highest BCUT2D eigenvalue weighted by Gasteiger charge is 2.32. The van der Waals surface area contributed by atoms with Gasteiger partial charge in [-0.1, -0.05) is 48.5 Å². The number of aryl methyl sites for hydroxylation is 1. The van der Waals surface area contributed by atoms with Gasteiger partial charge in [-0.2, -0.15) is 13.2 Å². The molecule has 0 unspecified atom stereocenters. The average Bonchev–Trinajstić information content (AvgIpc) is 2.84. The highest BCUT2D eigenvalue weighted by molar-refractivity contribution is 5.83. The van der Waals surface area contributed by atoms with E-state index in [4.69, 9.17) is 5.11 Å². The third kappa shape index (κ3) is 7.10. The summed E-state index contributed by atoms with van der Waals surface area (Å²) in [5.74, 6) is -1.06. The summed E-state index contributed by atoms with van der Waals surface area (Å²) < 4.78 is 52.8. The molecule has 0 aliphatic carbocycles. The van der Waals surface area contributed by atoms with Crippen molar-refractivity contribution in [2.45, 2.75) is 31.5 Å². The molecule has 9 heteroatoms. The van der Waals surface area contributed by atoms with Crippen LogP contribution in [0.1, 0.15) is 46.3 Å². The molecule has 3 aromatic rings. The van der Waals surface area contributed by atoms with Gasteiger partial charge in [0.15, 0.2) is 0 Å². The second-order valence-electron chi connectivity index (χ2n) is 8.14. The molecule has 1 aromatic heterocycles. The Morgan fingerprint density at radius 2 is 1.71 bits per heavy atom. The molecule has 0 aliphatic rings. The number of amides is 1. The lowest BCUT2D eigenvalue weighted by Gasteiger charge is -2.22. The number of pyridine rings is 1. The van der Waals surface area contributed by atoms with Crippen LogP contribution in [-0.4, -0.2) is 35.7 Å². The normalized spacial score (nSPS) is 13.3. The fraction of sp³-hybridized carbons (Fsp3) is 0.308. The number of aromatic nitrogens is 1. The molecule has 2 atom stereocenters. The van der Waals surface area contributed by atoms with Crippen molar-refractivity contribution in [3.63, 3.8) is 0 Å². The van der Waals surface area contributed by atoms with E-state index in [1.807, 2.05) is 6.07 Å². The van der Waals surface area contributed by atoms with Crippen LogP contribution in [0.5, 0.6) is 0 Å². The van der Waals surface area contributed by atoms with E-state index < -0.39 is 17.9 Å². The molecular formula is C26H27F4N3O2. The molecular weight excluding hydrogens is 462 g/mol. The van der Waals surface area contributed by atoms with Crippen LogP contribution >= 0.6 is 0 Å². The highest BCUT2D eigenvalue weighted by Crippen LogP contribution is 2.32. The van der Waals surface area contributed by atoms with E-state index in [9.17, 15) is 22.4 Å². The molecule has 0 radical (unpaired) electrons. The Balaban J connectivity index is 1.84. The number of rotatable bonds is 10. The quantitative estimate of drug-likeness (QED) is 0.367. The van der Waals surface area contributed by atoms with Crippen molar-refractivity contribution in [3.05, 3.63) is 101 Å². The van der Waals surface area contributed by atoms with Gasteiger partial charge in [0, 0.05) is 18.7 Å². The van der Waals surface area contributed by atoms with E-state index in [1.165, 1.54) is 18.3 Å². The zero-order chi connectivity index (χ0) is 25.4. The van der Waals surface area contributed by atoms with Crippen molar-refractivity contribution in [1.82, 2.24) is 15.6 Å². The minimum atomic E-state index is -4.55. The second kappa shape index (κ2) is 11.9. The van der Waals surface area contributed by atoms with Gasteiger partial charge in [-0.25, -0.2) is 4.39 Å². The van der Waals surface area contributed by atoms with E-state index in [0.717, 1.165) is 17.2 Å². The number of nitrogens with one attached hydrogen (secondary N) is 2. The van der Waals surface area contributed by atoms with Crippen molar-refractivity contribution >= 4 is 5.91 Å². The van der Waals surface area contributed by atoms with E-state index >= 15 is 0 Å². The van der Waals surface area contributed by atoms with Crippen molar-refractivity contribution in [1.29, 1.82) is 0 Å². The molecule has 0 spiro atoms. The fourth-order valence-corrected chi connectivity index (χ4v) is 3.85. The predicted molar refractivity (Wildman–Crippen MR) is 124 cm³/mol. The fourth-order valence-electron chi connectivity index (χ4n) is 3.85. The van der Waals surface area contributed by atoms with Crippen molar-refractivity contribution in [2.75, 3.05) is 19.7 Å². The number of nitrogens with zero attached hydrogens (tertiary/aromatic N) is 1. The topological polar surface area (TPSA) is 74.2 Å². The lowest BCUT2D eigenvalue weighted by molar-refractivity contribution is -0.141. The van der Waals surface area contributed by atoms with E-state index in [2.05, 4.69) is 15.6 Å². The molecule has 1 heterocycles. The van der Waals surface area contributed by atoms with Crippen LogP contribution in [0.3, 0.4) is 0 Å². The molecule has 1 amide bonds. The van der Waals surface area contributed by atoms with Crippen LogP contribution in [-0.2, 0) is 11.0 Å². The zero-order valence-electron chi connectivity index (χ0n) is 19.1. The van der Waals surface area contributed by atoms with Crippen LogP contribution in [0.15, 0.2) is 66.9 Å². The Labute approximate surface area is 201 Å². The number of aliphatic hydroxyl groups excluding tert-OH is 1. The third-order valence-corrected chi connectivity index (χ3v) is 5.65. The lowest BCUT2D eigenvalue weighted by Crippen LogP contribution is -2.39. The van der Waals surface area contributed by atoms with E-state index in [-0.39, 0.29) is 30.8 Å². The summed E-state index contributed by atoms with van der Waals surface area (Å²) in [6, 6.07) is 15.3. The molecule has 186 valence electrons. The van der Waals surface area contributed by atoms with Gasteiger partial charge in [0.1, 0.15) is 17.6 Å². The number of benzene rings is 2. The first-order chi connectivity index (χ1) is 16.7. The Bertz CT molecular complexity index is 1110. The van der Waals surface area contributed by atoms with Gasteiger partial charge in [0.05, 0.1) is 6.61 Å². The molecule has 3 N–H and O–H groups in total. The number of carbonyl (C=O) groups excluding carboxylic acids is 1. The molecule has 0 saturated heterocycles. The van der Waals surface area contributed by atoms with Crippen LogP contribution in [0.25, 0.3) is 0 Å². The van der Waals surface area contributed by atoms with Gasteiger partial charge in [0.25, 0.3) is 0 Å². The first kappa shape index (κ1) is 26.3. The molecule has 5 nitrogen and oxygen atoms in total. The predicted octanol–water partition coefficient (Wildman–Crippen LogP) is 4.51. The van der Waals surface area contributed by atoms with Crippen LogP contribution in [0, 0.1) is 12.7 Å². The van der Waals surface area contributed by atoms with Crippen molar-refractivity contribution < 1.29 is 27.5 Å². The molecule has 0 aliphatic heterocycles. The Morgan fingerprint density at radius 1 is 1.00 bits per heavy atom. The van der Waals surface area contributed by atoms with Gasteiger partial charge in [-0.05, 0) is 54.3 Å². The van der Waals surface area contributed by atoms with Crippen LogP contribution in [0.4, 0.5) is 17.6 Å². The molecule has 35 heavy (non-hydrogen) atoms. The summed E-state index contributed by atoms with van der Waals surface area (Å²) in [4.78, 5) is 16.3. The summed E-state index contributed by atoms with van der Waals surface area (Å²) in [7, 11) is 0. The first-order valence-corrected chi connectivity index (χ1v) is 11.2.